The van der Waals surface area contributed by atoms with Crippen LogP contribution in [0, 0.1) is 19.8 Å². The Balaban J connectivity index is 1.64. The molecule has 1 aromatic carbocycles. The minimum absolute atomic E-state index is 0.0659. The number of amides is 2. The number of piperidine rings is 1. The van der Waals surface area contributed by atoms with Gasteiger partial charge in [-0.05, 0) is 44.2 Å². The number of carbonyl (C=O) groups is 2. The Morgan fingerprint density at radius 3 is 2.65 bits per heavy atom. The number of aryl methyl sites for hydroxylation is 3. The lowest BCUT2D eigenvalue weighted by Gasteiger charge is -2.31. The van der Waals surface area contributed by atoms with Gasteiger partial charge in [0.15, 0.2) is 5.16 Å². The molecule has 3 aromatic rings. The molecule has 34 heavy (non-hydrogen) atoms. The van der Waals surface area contributed by atoms with Gasteiger partial charge in [0.2, 0.25) is 11.8 Å². The summed E-state index contributed by atoms with van der Waals surface area (Å²) in [5.41, 5.74) is 8.55. The number of nitrogens with two attached hydrogens (primary N) is 1. The molecule has 2 N–H and O–H groups in total. The third-order valence-electron chi connectivity index (χ3n) is 6.40. The Morgan fingerprint density at radius 2 is 1.97 bits per heavy atom. The molecule has 1 aliphatic rings. The van der Waals surface area contributed by atoms with Crippen LogP contribution in [0.4, 0.5) is 0 Å². The molecule has 9 heteroatoms. The van der Waals surface area contributed by atoms with Crippen LogP contribution in [0.1, 0.15) is 41.3 Å². The van der Waals surface area contributed by atoms with Gasteiger partial charge in [0.05, 0.1) is 23.6 Å². The highest BCUT2D eigenvalue weighted by molar-refractivity contribution is 7.99. The Labute approximate surface area is 207 Å². The normalized spacial score (nSPS) is 16.2. The van der Waals surface area contributed by atoms with Crippen LogP contribution in [0.15, 0.2) is 34.2 Å². The number of benzene rings is 1. The van der Waals surface area contributed by atoms with E-state index in [0.29, 0.717) is 30.2 Å². The fourth-order valence-corrected chi connectivity index (χ4v) is 6.42. The average molecular weight is 499 g/mol. The molecular weight excluding hydrogens is 468 g/mol. The molecule has 4 rings (SSSR count). The van der Waals surface area contributed by atoms with E-state index in [1.165, 1.54) is 11.8 Å². The van der Waals surface area contributed by atoms with E-state index in [4.69, 9.17) is 10.7 Å². The summed E-state index contributed by atoms with van der Waals surface area (Å²) in [6, 6.07) is 8.08. The lowest BCUT2D eigenvalue weighted by atomic mass is 9.97. The van der Waals surface area contributed by atoms with Crippen molar-refractivity contribution in [2.75, 3.05) is 18.8 Å². The number of nitrogens with zero attached hydrogens (tertiary/aromatic N) is 3. The van der Waals surface area contributed by atoms with E-state index in [0.717, 1.165) is 45.7 Å². The predicted molar refractivity (Wildman–Crippen MR) is 137 cm³/mol. The number of likely N-dealkylation sites (tertiary alicyclic amines) is 1. The van der Waals surface area contributed by atoms with Crippen LogP contribution in [0.2, 0.25) is 0 Å². The third kappa shape index (κ3) is 5.05. The zero-order valence-corrected chi connectivity index (χ0v) is 21.4. The monoisotopic (exact) mass is 498 g/mol. The number of hydrogen-bond acceptors (Lipinski definition) is 6. The minimum atomic E-state index is -0.357. The summed E-state index contributed by atoms with van der Waals surface area (Å²) in [7, 11) is 0. The molecule has 0 bridgehead atoms. The number of thiophene rings is 1. The molecule has 0 spiro atoms. The second-order valence-corrected chi connectivity index (χ2v) is 10.9. The van der Waals surface area contributed by atoms with Gasteiger partial charge in [-0.1, -0.05) is 48.5 Å². The second kappa shape index (κ2) is 10.3. The van der Waals surface area contributed by atoms with Crippen molar-refractivity contribution in [3.63, 3.8) is 0 Å². The number of hydrogen-bond donors (Lipinski definition) is 1. The standard InChI is InChI=1S/C25H30N4O3S2/c1-4-19-16(3)21-23(34-19)27-25(29(24(21)32)12-17-9-7-15(2)8-10-17)33-14-20(30)28-11-5-6-18(13-28)22(26)31/h7-10,18H,4-6,11-14H2,1-3H3,(H2,26,31). The van der Waals surface area contributed by atoms with Crippen molar-refractivity contribution in [1.82, 2.24) is 14.5 Å². The largest absolute Gasteiger partial charge is 0.369 e. The van der Waals surface area contributed by atoms with Crippen molar-refractivity contribution >= 4 is 45.1 Å². The summed E-state index contributed by atoms with van der Waals surface area (Å²) in [6.07, 6.45) is 2.33. The van der Waals surface area contributed by atoms with Gasteiger partial charge >= 0.3 is 0 Å². The van der Waals surface area contributed by atoms with Crippen molar-refractivity contribution in [3.8, 4) is 0 Å². The molecular formula is C25H30N4O3S2. The fourth-order valence-electron chi connectivity index (χ4n) is 4.36. The Kier molecular flexibility index (Phi) is 7.42. The molecule has 0 aliphatic carbocycles. The highest BCUT2D eigenvalue weighted by Crippen LogP contribution is 2.30. The van der Waals surface area contributed by atoms with Gasteiger partial charge in [0.25, 0.3) is 5.56 Å². The maximum atomic E-state index is 13.6. The van der Waals surface area contributed by atoms with Gasteiger partial charge < -0.3 is 10.6 Å². The van der Waals surface area contributed by atoms with Crippen LogP contribution in [-0.4, -0.2) is 45.1 Å². The fraction of sp³-hybridized carbons (Fsp3) is 0.440. The number of fused-ring (bicyclic) bond motifs is 1. The summed E-state index contributed by atoms with van der Waals surface area (Å²) < 4.78 is 1.69. The summed E-state index contributed by atoms with van der Waals surface area (Å²) in [5, 5.41) is 1.21. The van der Waals surface area contributed by atoms with Crippen molar-refractivity contribution in [2.45, 2.75) is 51.7 Å². The highest BCUT2D eigenvalue weighted by atomic mass is 32.2. The topological polar surface area (TPSA) is 98.3 Å². The summed E-state index contributed by atoms with van der Waals surface area (Å²) in [5.74, 6) is -0.561. The quantitative estimate of drug-likeness (QED) is 0.397. The van der Waals surface area contributed by atoms with Crippen molar-refractivity contribution < 1.29 is 9.59 Å². The maximum Gasteiger partial charge on any atom is 0.263 e. The molecule has 1 fully saturated rings. The molecule has 2 aromatic heterocycles. The van der Waals surface area contributed by atoms with Gasteiger partial charge in [0.1, 0.15) is 4.83 Å². The molecule has 2 amide bonds. The van der Waals surface area contributed by atoms with E-state index >= 15 is 0 Å². The summed E-state index contributed by atoms with van der Waals surface area (Å²) in [4.78, 5) is 46.6. The number of aromatic nitrogens is 2. The molecule has 1 unspecified atom stereocenters. The molecule has 3 heterocycles. The van der Waals surface area contributed by atoms with E-state index in [9.17, 15) is 14.4 Å². The van der Waals surface area contributed by atoms with Crippen LogP contribution in [0.3, 0.4) is 0 Å². The SMILES string of the molecule is CCc1sc2nc(SCC(=O)N3CCCC(C(N)=O)C3)n(Cc3ccc(C)cc3)c(=O)c2c1C. The van der Waals surface area contributed by atoms with Gasteiger partial charge in [-0.3, -0.25) is 19.0 Å². The zero-order valence-electron chi connectivity index (χ0n) is 19.8. The Bertz CT molecular complexity index is 1280. The first-order valence-corrected chi connectivity index (χ1v) is 13.4. The van der Waals surface area contributed by atoms with Crippen LogP contribution in [0.25, 0.3) is 10.2 Å². The van der Waals surface area contributed by atoms with E-state index in [-0.39, 0.29) is 29.0 Å². The first-order chi connectivity index (χ1) is 16.3. The summed E-state index contributed by atoms with van der Waals surface area (Å²) in [6.45, 7) is 7.47. The van der Waals surface area contributed by atoms with E-state index in [2.05, 4.69) is 6.92 Å². The molecule has 1 aliphatic heterocycles. The van der Waals surface area contributed by atoms with E-state index in [1.54, 1.807) is 20.8 Å². The lowest BCUT2D eigenvalue weighted by Crippen LogP contribution is -2.44. The molecule has 180 valence electrons. The van der Waals surface area contributed by atoms with Crippen LogP contribution in [-0.2, 0) is 22.6 Å². The minimum Gasteiger partial charge on any atom is -0.369 e. The molecule has 1 atom stereocenters. The number of thioether (sulfide) groups is 1. The highest BCUT2D eigenvalue weighted by Gasteiger charge is 2.27. The van der Waals surface area contributed by atoms with Gasteiger partial charge in [0, 0.05) is 18.0 Å². The van der Waals surface area contributed by atoms with Crippen LogP contribution >= 0.6 is 23.1 Å². The predicted octanol–water partition coefficient (Wildman–Crippen LogP) is 3.50. The van der Waals surface area contributed by atoms with Gasteiger partial charge in [-0.2, -0.15) is 0 Å². The molecule has 7 nitrogen and oxygen atoms in total. The molecule has 1 saturated heterocycles. The van der Waals surface area contributed by atoms with Crippen molar-refractivity contribution in [3.05, 3.63) is 56.2 Å². The second-order valence-electron chi connectivity index (χ2n) is 8.83. The number of rotatable bonds is 7. The van der Waals surface area contributed by atoms with Crippen molar-refractivity contribution in [1.29, 1.82) is 0 Å². The molecule has 0 saturated carbocycles. The first-order valence-electron chi connectivity index (χ1n) is 11.6. The zero-order chi connectivity index (χ0) is 24.4. The van der Waals surface area contributed by atoms with Crippen molar-refractivity contribution in [2.24, 2.45) is 11.7 Å². The first kappa shape index (κ1) is 24.5. The van der Waals surface area contributed by atoms with Gasteiger partial charge in [-0.15, -0.1) is 11.3 Å². The Hall–Kier alpha value is -2.65. The van der Waals surface area contributed by atoms with E-state index in [1.807, 2.05) is 38.1 Å². The summed E-state index contributed by atoms with van der Waals surface area (Å²) >= 11 is 2.83. The lowest BCUT2D eigenvalue weighted by molar-refractivity contribution is -0.132. The number of primary amides is 1. The Morgan fingerprint density at radius 1 is 1.24 bits per heavy atom. The smallest absolute Gasteiger partial charge is 0.263 e. The average Bonchev–Trinajstić information content (AvgIpc) is 3.16. The van der Waals surface area contributed by atoms with E-state index < -0.39 is 0 Å². The van der Waals surface area contributed by atoms with Crippen LogP contribution in [0.5, 0.6) is 0 Å². The number of carbonyl (C=O) groups excluding carboxylic acids is 2. The third-order valence-corrected chi connectivity index (χ3v) is 8.69. The van der Waals surface area contributed by atoms with Crippen LogP contribution < -0.4 is 11.3 Å². The van der Waals surface area contributed by atoms with Gasteiger partial charge in [-0.25, -0.2) is 4.98 Å². The molecule has 0 radical (unpaired) electrons. The maximum absolute atomic E-state index is 13.6.